The van der Waals surface area contributed by atoms with E-state index < -0.39 is 0 Å². The first kappa shape index (κ1) is 19.7. The Hall–Kier alpha value is -2.56. The Labute approximate surface area is 177 Å². The van der Waals surface area contributed by atoms with Crippen molar-refractivity contribution >= 4 is 23.3 Å². The predicted molar refractivity (Wildman–Crippen MR) is 123 cm³/mol. The monoisotopic (exact) mass is 402 g/mol. The molecule has 1 heterocycles. The first-order valence-electron chi connectivity index (χ1n) is 10.2. The highest BCUT2D eigenvalue weighted by Crippen LogP contribution is 2.30. The molecule has 3 aromatic carbocycles. The van der Waals surface area contributed by atoms with E-state index in [2.05, 4.69) is 17.0 Å². The molecule has 1 aliphatic heterocycles. The molecule has 1 fully saturated rings. The Bertz CT molecular complexity index is 922. The second-order valence-corrected chi connectivity index (χ2v) is 8.20. The fourth-order valence-corrected chi connectivity index (χ4v) is 4.39. The molecule has 0 radical (unpaired) electrons. The van der Waals surface area contributed by atoms with Crippen LogP contribution in [0, 0.1) is 0 Å². The largest absolute Gasteiger partial charge is 0.437 e. The lowest BCUT2D eigenvalue weighted by Crippen LogP contribution is -2.21. The van der Waals surface area contributed by atoms with E-state index in [4.69, 9.17) is 9.73 Å². The van der Waals surface area contributed by atoms with Crippen molar-refractivity contribution < 1.29 is 4.74 Å². The SMILES string of the molecule is c1ccc(N=C(Oc2ccccc2SCCN2CCCC2)c2ccccc2)cc1. The van der Waals surface area contributed by atoms with Crippen LogP contribution in [0.15, 0.2) is 94.8 Å². The minimum atomic E-state index is 0.615. The van der Waals surface area contributed by atoms with Crippen molar-refractivity contribution in [3.05, 3.63) is 90.5 Å². The molecule has 0 saturated carbocycles. The molecule has 148 valence electrons. The molecule has 3 aromatic rings. The number of ether oxygens (including phenoxy) is 1. The van der Waals surface area contributed by atoms with Crippen LogP contribution in [0.5, 0.6) is 5.75 Å². The van der Waals surface area contributed by atoms with Crippen LogP contribution < -0.4 is 4.74 Å². The number of benzene rings is 3. The third-order valence-corrected chi connectivity index (χ3v) is 5.96. The van der Waals surface area contributed by atoms with Gasteiger partial charge in [-0.3, -0.25) is 0 Å². The van der Waals surface area contributed by atoms with Gasteiger partial charge in [-0.1, -0.05) is 48.5 Å². The molecular weight excluding hydrogens is 376 g/mol. The molecule has 3 nitrogen and oxygen atoms in total. The molecule has 0 amide bonds. The van der Waals surface area contributed by atoms with E-state index in [-0.39, 0.29) is 0 Å². The van der Waals surface area contributed by atoms with E-state index in [1.807, 2.05) is 84.6 Å². The molecular formula is C25H26N2OS. The van der Waals surface area contributed by atoms with Gasteiger partial charge in [-0.2, -0.15) is 0 Å². The summed E-state index contributed by atoms with van der Waals surface area (Å²) in [4.78, 5) is 8.49. The van der Waals surface area contributed by atoms with E-state index in [0.717, 1.165) is 34.2 Å². The Morgan fingerprint density at radius 1 is 0.828 bits per heavy atom. The lowest BCUT2D eigenvalue weighted by molar-refractivity contribution is 0.362. The van der Waals surface area contributed by atoms with Crippen molar-refractivity contribution in [1.82, 2.24) is 4.90 Å². The lowest BCUT2D eigenvalue weighted by Gasteiger charge is -2.16. The molecule has 0 bridgehead atoms. The molecule has 0 spiro atoms. The summed E-state index contributed by atoms with van der Waals surface area (Å²) in [6.07, 6.45) is 2.67. The van der Waals surface area contributed by atoms with Gasteiger partial charge in [-0.25, -0.2) is 4.99 Å². The number of likely N-dealkylation sites (tertiary alicyclic amines) is 1. The smallest absolute Gasteiger partial charge is 0.227 e. The van der Waals surface area contributed by atoms with E-state index in [9.17, 15) is 0 Å². The van der Waals surface area contributed by atoms with Crippen LogP contribution >= 0.6 is 11.8 Å². The van der Waals surface area contributed by atoms with Crippen LogP contribution in [0.4, 0.5) is 5.69 Å². The normalized spacial score (nSPS) is 14.8. The zero-order valence-electron chi connectivity index (χ0n) is 16.5. The highest BCUT2D eigenvalue weighted by molar-refractivity contribution is 7.99. The van der Waals surface area contributed by atoms with Gasteiger partial charge in [-0.05, 0) is 62.3 Å². The molecule has 0 N–H and O–H groups in total. The first-order valence-corrected chi connectivity index (χ1v) is 11.2. The maximum atomic E-state index is 6.37. The van der Waals surface area contributed by atoms with Crippen LogP contribution in [0.2, 0.25) is 0 Å². The van der Waals surface area contributed by atoms with Crippen molar-refractivity contribution in [3.8, 4) is 5.75 Å². The molecule has 0 aromatic heterocycles. The highest BCUT2D eigenvalue weighted by atomic mass is 32.2. The van der Waals surface area contributed by atoms with Crippen molar-refractivity contribution in [2.75, 3.05) is 25.4 Å². The maximum Gasteiger partial charge on any atom is 0.227 e. The topological polar surface area (TPSA) is 24.8 Å². The van der Waals surface area contributed by atoms with Gasteiger partial charge < -0.3 is 9.64 Å². The van der Waals surface area contributed by atoms with Crippen molar-refractivity contribution in [3.63, 3.8) is 0 Å². The van der Waals surface area contributed by atoms with Gasteiger partial charge in [0.05, 0.1) is 10.6 Å². The number of hydrogen-bond acceptors (Lipinski definition) is 4. The zero-order chi connectivity index (χ0) is 19.7. The van der Waals surface area contributed by atoms with E-state index in [1.165, 1.54) is 25.9 Å². The summed E-state index contributed by atoms with van der Waals surface area (Å²) >= 11 is 1.86. The van der Waals surface area contributed by atoms with Crippen LogP contribution in [-0.4, -0.2) is 36.2 Å². The number of thioether (sulfide) groups is 1. The van der Waals surface area contributed by atoms with Crippen LogP contribution in [-0.2, 0) is 0 Å². The van der Waals surface area contributed by atoms with Gasteiger partial charge in [0.1, 0.15) is 5.75 Å². The Balaban J connectivity index is 1.53. The Morgan fingerprint density at radius 3 is 2.24 bits per heavy atom. The predicted octanol–water partition coefficient (Wildman–Crippen LogP) is 6.03. The number of nitrogens with zero attached hydrogens (tertiary/aromatic N) is 2. The van der Waals surface area contributed by atoms with Crippen molar-refractivity contribution in [1.29, 1.82) is 0 Å². The fourth-order valence-electron chi connectivity index (χ4n) is 3.40. The summed E-state index contributed by atoms with van der Waals surface area (Å²) in [5.74, 6) is 2.54. The van der Waals surface area contributed by atoms with Crippen LogP contribution in [0.3, 0.4) is 0 Å². The summed E-state index contributed by atoms with van der Waals surface area (Å²) in [5, 5.41) is 0. The Morgan fingerprint density at radius 2 is 1.48 bits per heavy atom. The van der Waals surface area contributed by atoms with Gasteiger partial charge in [-0.15, -0.1) is 11.8 Å². The Kier molecular flexibility index (Phi) is 7.00. The third kappa shape index (κ3) is 5.72. The summed E-state index contributed by atoms with van der Waals surface area (Å²) in [7, 11) is 0. The molecule has 0 atom stereocenters. The fraction of sp³-hybridized carbons (Fsp3) is 0.240. The zero-order valence-corrected chi connectivity index (χ0v) is 17.4. The van der Waals surface area contributed by atoms with Gasteiger partial charge in [0.2, 0.25) is 5.90 Å². The number of para-hydroxylation sites is 2. The third-order valence-electron chi connectivity index (χ3n) is 4.93. The second-order valence-electron chi connectivity index (χ2n) is 7.06. The summed E-state index contributed by atoms with van der Waals surface area (Å²) in [6.45, 7) is 3.60. The molecule has 4 rings (SSSR count). The van der Waals surface area contributed by atoms with Crippen LogP contribution in [0.25, 0.3) is 0 Å². The van der Waals surface area contributed by atoms with Gasteiger partial charge in [0.25, 0.3) is 0 Å². The van der Waals surface area contributed by atoms with Gasteiger partial charge in [0.15, 0.2) is 0 Å². The van der Waals surface area contributed by atoms with E-state index in [0.29, 0.717) is 5.90 Å². The van der Waals surface area contributed by atoms with E-state index >= 15 is 0 Å². The minimum absolute atomic E-state index is 0.615. The molecule has 29 heavy (non-hydrogen) atoms. The molecule has 4 heteroatoms. The average Bonchev–Trinajstić information content (AvgIpc) is 3.29. The van der Waals surface area contributed by atoms with E-state index in [1.54, 1.807) is 0 Å². The number of rotatable bonds is 7. The first-order chi connectivity index (χ1) is 14.4. The number of hydrogen-bond donors (Lipinski definition) is 0. The quantitative estimate of drug-likeness (QED) is 0.274. The van der Waals surface area contributed by atoms with Crippen molar-refractivity contribution in [2.24, 2.45) is 4.99 Å². The molecule has 1 aliphatic rings. The number of aliphatic imine (C=N–C) groups is 1. The summed E-state index contributed by atoms with van der Waals surface area (Å²) in [5.41, 5.74) is 1.85. The lowest BCUT2D eigenvalue weighted by atomic mass is 10.2. The van der Waals surface area contributed by atoms with Crippen molar-refractivity contribution in [2.45, 2.75) is 17.7 Å². The van der Waals surface area contributed by atoms with Gasteiger partial charge in [0, 0.05) is 17.9 Å². The minimum Gasteiger partial charge on any atom is -0.437 e. The highest BCUT2D eigenvalue weighted by Gasteiger charge is 2.13. The average molecular weight is 403 g/mol. The maximum absolute atomic E-state index is 6.37. The van der Waals surface area contributed by atoms with Gasteiger partial charge >= 0.3 is 0 Å². The van der Waals surface area contributed by atoms with Crippen LogP contribution in [0.1, 0.15) is 18.4 Å². The molecule has 0 unspecified atom stereocenters. The standard InChI is InChI=1S/C25H26N2OS/c1-3-11-21(12-4-1)25(26-22-13-5-2-6-14-22)28-23-15-7-8-16-24(23)29-20-19-27-17-9-10-18-27/h1-8,11-16H,9-10,17-20H2. The summed E-state index contributed by atoms with van der Waals surface area (Å²) < 4.78 is 6.37. The summed E-state index contributed by atoms with van der Waals surface area (Å²) in [6, 6.07) is 28.3. The molecule has 1 saturated heterocycles. The molecule has 0 aliphatic carbocycles. The second kappa shape index (κ2) is 10.3.